The van der Waals surface area contributed by atoms with Gasteiger partial charge < -0.3 is 25.0 Å². The van der Waals surface area contributed by atoms with Gasteiger partial charge in [0.2, 0.25) is 0 Å². The molecule has 0 aliphatic carbocycles. The second-order valence-corrected chi connectivity index (χ2v) is 7.90. The van der Waals surface area contributed by atoms with E-state index >= 15 is 0 Å². The Kier molecular flexibility index (Phi) is 6.18. The largest absolute Gasteiger partial charge is 0.486 e. The zero-order chi connectivity index (χ0) is 20.9. The minimum atomic E-state index is -0.0240. The molecule has 0 aromatic heterocycles. The van der Waals surface area contributed by atoms with Crippen LogP contribution in [0.2, 0.25) is 0 Å². The molecule has 1 saturated heterocycles. The Hall–Kier alpha value is -3.06. The molecule has 0 radical (unpaired) electrons. The van der Waals surface area contributed by atoms with Gasteiger partial charge in [-0.05, 0) is 30.7 Å². The molecule has 30 heavy (non-hydrogen) atoms. The highest BCUT2D eigenvalue weighted by Crippen LogP contribution is 2.32. The first-order valence-corrected chi connectivity index (χ1v) is 10.5. The number of hydrogen-bond acceptors (Lipinski definition) is 4. The Labute approximate surface area is 176 Å². The van der Waals surface area contributed by atoms with Crippen molar-refractivity contribution in [1.82, 2.24) is 5.32 Å². The molecule has 1 fully saturated rings. The number of quaternary nitrogens is 1. The fourth-order valence-corrected chi connectivity index (χ4v) is 3.99. The van der Waals surface area contributed by atoms with Crippen molar-refractivity contribution < 1.29 is 24.0 Å². The summed E-state index contributed by atoms with van der Waals surface area (Å²) in [5.41, 5.74) is 2.42. The number of aryl methyl sites for hydroxylation is 1. The smallest absolute Gasteiger partial charge is 0.279 e. The lowest BCUT2D eigenvalue weighted by molar-refractivity contribution is -0.897. The first kappa shape index (κ1) is 20.2. The number of carbonyl (C=O) groups is 2. The number of benzene rings is 2. The Morgan fingerprint density at radius 2 is 1.77 bits per heavy atom. The molecular formula is C23H28N3O4+. The minimum absolute atomic E-state index is 0.0158. The highest BCUT2D eigenvalue weighted by molar-refractivity contribution is 5.95. The quantitative estimate of drug-likeness (QED) is 0.692. The SMILES string of the molecule is Cc1ccccc1C(=O)NC1CC[NH+](CC(=O)Nc2ccc3c(c2)OCCO3)CC1. The van der Waals surface area contributed by atoms with E-state index in [0.717, 1.165) is 37.1 Å². The zero-order valence-electron chi connectivity index (χ0n) is 17.2. The van der Waals surface area contributed by atoms with Crippen LogP contribution in [-0.2, 0) is 4.79 Å². The molecule has 2 amide bonds. The zero-order valence-corrected chi connectivity index (χ0v) is 17.2. The normalized spacial score (nSPS) is 20.3. The molecule has 0 saturated carbocycles. The van der Waals surface area contributed by atoms with Crippen LogP contribution >= 0.6 is 0 Å². The van der Waals surface area contributed by atoms with Crippen LogP contribution in [0.4, 0.5) is 5.69 Å². The van der Waals surface area contributed by atoms with Gasteiger partial charge in [-0.3, -0.25) is 9.59 Å². The second-order valence-electron chi connectivity index (χ2n) is 7.90. The number of amides is 2. The van der Waals surface area contributed by atoms with Gasteiger partial charge in [-0.1, -0.05) is 18.2 Å². The summed E-state index contributed by atoms with van der Waals surface area (Å²) in [5, 5.41) is 6.09. The number of nitrogens with one attached hydrogen (secondary N) is 3. The molecule has 0 atom stereocenters. The van der Waals surface area contributed by atoms with Gasteiger partial charge in [0.1, 0.15) is 13.2 Å². The van der Waals surface area contributed by atoms with Crippen LogP contribution in [0.1, 0.15) is 28.8 Å². The number of hydrogen-bond donors (Lipinski definition) is 3. The Bertz CT molecular complexity index is 922. The lowest BCUT2D eigenvalue weighted by Gasteiger charge is -2.29. The van der Waals surface area contributed by atoms with Gasteiger partial charge in [0, 0.05) is 36.2 Å². The molecule has 2 aromatic carbocycles. The first-order valence-electron chi connectivity index (χ1n) is 10.5. The molecule has 158 valence electrons. The van der Waals surface area contributed by atoms with Gasteiger partial charge >= 0.3 is 0 Å². The molecule has 0 spiro atoms. The summed E-state index contributed by atoms with van der Waals surface area (Å²) in [7, 11) is 0. The van der Waals surface area contributed by atoms with Crippen LogP contribution in [0.5, 0.6) is 11.5 Å². The van der Waals surface area contributed by atoms with Crippen LogP contribution in [-0.4, -0.2) is 50.7 Å². The van der Waals surface area contributed by atoms with Gasteiger partial charge in [0.15, 0.2) is 18.0 Å². The fourth-order valence-electron chi connectivity index (χ4n) is 3.99. The number of likely N-dealkylation sites (tertiary alicyclic amines) is 1. The molecule has 4 rings (SSSR count). The van der Waals surface area contributed by atoms with Gasteiger partial charge in [0.25, 0.3) is 11.8 Å². The van der Waals surface area contributed by atoms with Gasteiger partial charge in [-0.25, -0.2) is 0 Å². The maximum Gasteiger partial charge on any atom is 0.279 e. The van der Waals surface area contributed by atoms with Crippen molar-refractivity contribution >= 4 is 17.5 Å². The lowest BCUT2D eigenvalue weighted by atomic mass is 10.0. The van der Waals surface area contributed by atoms with Crippen molar-refractivity contribution in [2.75, 3.05) is 38.2 Å². The van der Waals surface area contributed by atoms with Crippen molar-refractivity contribution in [1.29, 1.82) is 0 Å². The summed E-state index contributed by atoms with van der Waals surface area (Å²) in [6.07, 6.45) is 1.73. The molecule has 0 unspecified atom stereocenters. The lowest BCUT2D eigenvalue weighted by Crippen LogP contribution is -3.14. The maximum absolute atomic E-state index is 12.5. The molecule has 7 nitrogen and oxygen atoms in total. The number of carbonyl (C=O) groups excluding carboxylic acids is 2. The average molecular weight is 410 g/mol. The summed E-state index contributed by atoms with van der Waals surface area (Å²) >= 11 is 0. The van der Waals surface area contributed by atoms with E-state index in [0.29, 0.717) is 36.9 Å². The van der Waals surface area contributed by atoms with Crippen LogP contribution in [0.15, 0.2) is 42.5 Å². The predicted octanol–water partition coefficient (Wildman–Crippen LogP) is 1.18. The molecule has 2 heterocycles. The molecule has 0 bridgehead atoms. The third-order valence-corrected chi connectivity index (χ3v) is 5.65. The molecule has 2 aliphatic heterocycles. The van der Waals surface area contributed by atoms with Crippen molar-refractivity contribution in [3.05, 3.63) is 53.6 Å². The maximum atomic E-state index is 12.5. The minimum Gasteiger partial charge on any atom is -0.486 e. The van der Waals surface area contributed by atoms with E-state index in [9.17, 15) is 9.59 Å². The van der Waals surface area contributed by atoms with Gasteiger partial charge in [-0.15, -0.1) is 0 Å². The third-order valence-electron chi connectivity index (χ3n) is 5.65. The number of fused-ring (bicyclic) bond motifs is 1. The summed E-state index contributed by atoms with van der Waals surface area (Å²) in [6.45, 7) is 5.13. The molecule has 2 aliphatic rings. The number of ether oxygens (including phenoxy) is 2. The van der Waals surface area contributed by atoms with Crippen LogP contribution in [0.25, 0.3) is 0 Å². The predicted molar refractivity (Wildman–Crippen MR) is 113 cm³/mol. The fraction of sp³-hybridized carbons (Fsp3) is 0.391. The highest BCUT2D eigenvalue weighted by atomic mass is 16.6. The van der Waals surface area contributed by atoms with Crippen molar-refractivity contribution in [3.63, 3.8) is 0 Å². The van der Waals surface area contributed by atoms with E-state index in [-0.39, 0.29) is 17.9 Å². The first-order chi connectivity index (χ1) is 14.6. The van der Waals surface area contributed by atoms with E-state index in [1.807, 2.05) is 43.3 Å². The number of anilines is 1. The third kappa shape index (κ3) is 4.91. The van der Waals surface area contributed by atoms with E-state index in [2.05, 4.69) is 10.6 Å². The molecular weight excluding hydrogens is 382 g/mol. The molecule has 3 N–H and O–H groups in total. The van der Waals surface area contributed by atoms with E-state index in [1.165, 1.54) is 4.90 Å². The number of piperidine rings is 1. The van der Waals surface area contributed by atoms with Crippen LogP contribution in [0.3, 0.4) is 0 Å². The summed E-state index contributed by atoms with van der Waals surface area (Å²) in [6, 6.07) is 13.2. The average Bonchev–Trinajstić information content (AvgIpc) is 2.75. The second kappa shape index (κ2) is 9.17. The van der Waals surface area contributed by atoms with Crippen LogP contribution in [0, 0.1) is 6.92 Å². The summed E-state index contributed by atoms with van der Waals surface area (Å²) < 4.78 is 11.1. The van der Waals surface area contributed by atoms with Crippen molar-refractivity contribution in [2.24, 2.45) is 0 Å². The standard InChI is InChI=1S/C23H27N3O4/c1-16-4-2-3-5-19(16)23(28)25-17-8-10-26(11-9-17)15-22(27)24-18-6-7-20-21(14-18)30-13-12-29-20/h2-7,14,17H,8-13,15H2,1H3,(H,24,27)(H,25,28)/p+1. The van der Waals surface area contributed by atoms with E-state index < -0.39 is 0 Å². The molecule has 2 aromatic rings. The monoisotopic (exact) mass is 410 g/mol. The van der Waals surface area contributed by atoms with E-state index in [1.54, 1.807) is 6.07 Å². The van der Waals surface area contributed by atoms with Crippen molar-refractivity contribution in [2.45, 2.75) is 25.8 Å². The highest BCUT2D eigenvalue weighted by Gasteiger charge is 2.25. The topological polar surface area (TPSA) is 81.1 Å². The van der Waals surface area contributed by atoms with E-state index in [4.69, 9.17) is 9.47 Å². The van der Waals surface area contributed by atoms with Crippen LogP contribution < -0.4 is 25.0 Å². The summed E-state index contributed by atoms with van der Waals surface area (Å²) in [4.78, 5) is 26.2. The summed E-state index contributed by atoms with van der Waals surface area (Å²) in [5.74, 6) is 1.33. The molecule has 7 heteroatoms. The van der Waals surface area contributed by atoms with Crippen molar-refractivity contribution in [3.8, 4) is 11.5 Å². The Morgan fingerprint density at radius 1 is 1.03 bits per heavy atom. The van der Waals surface area contributed by atoms with Gasteiger partial charge in [0.05, 0.1) is 13.1 Å². The van der Waals surface area contributed by atoms with Gasteiger partial charge in [-0.2, -0.15) is 0 Å². The Morgan fingerprint density at radius 3 is 2.53 bits per heavy atom. The Balaban J connectivity index is 1.23. The number of rotatable bonds is 5.